The smallest absolute Gasteiger partial charge is 0.330 e. The summed E-state index contributed by atoms with van der Waals surface area (Å²) in [7, 11) is 0. The van der Waals surface area contributed by atoms with Crippen LogP contribution in [-0.2, 0) is 14.4 Å². The number of carboxylic acid groups (broad SMARTS) is 1. The molecular weight excluding hydrogens is 344 g/mol. The second kappa shape index (κ2) is 9.53. The summed E-state index contributed by atoms with van der Waals surface area (Å²) in [4.78, 5) is 36.4. The number of hydrogen-bond donors (Lipinski definition) is 3. The lowest BCUT2D eigenvalue weighted by atomic mass is 9.87. The van der Waals surface area contributed by atoms with Crippen molar-refractivity contribution in [1.29, 1.82) is 0 Å². The molecule has 1 saturated carbocycles. The Morgan fingerprint density at radius 3 is 2.41 bits per heavy atom. The van der Waals surface area contributed by atoms with E-state index in [0.717, 1.165) is 36.8 Å². The van der Waals surface area contributed by atoms with Crippen molar-refractivity contribution in [2.45, 2.75) is 71.4 Å². The number of rotatable bonds is 7. The minimum Gasteiger partial charge on any atom is -0.479 e. The number of nitrogens with one attached hydrogen (secondary N) is 2. The summed E-state index contributed by atoms with van der Waals surface area (Å²) in [5.74, 6) is -1.39. The van der Waals surface area contributed by atoms with Crippen molar-refractivity contribution in [2.24, 2.45) is 5.92 Å². The van der Waals surface area contributed by atoms with Crippen molar-refractivity contribution in [1.82, 2.24) is 10.6 Å². The molecule has 27 heavy (non-hydrogen) atoms. The monoisotopic (exact) mass is 374 g/mol. The van der Waals surface area contributed by atoms with E-state index >= 15 is 0 Å². The van der Waals surface area contributed by atoms with E-state index in [2.05, 4.69) is 10.6 Å². The van der Waals surface area contributed by atoms with Crippen LogP contribution in [0, 0.1) is 19.8 Å². The van der Waals surface area contributed by atoms with E-state index in [9.17, 15) is 19.5 Å². The second-order valence-electron chi connectivity index (χ2n) is 7.57. The zero-order valence-corrected chi connectivity index (χ0v) is 16.4. The first kappa shape index (κ1) is 20.9. The van der Waals surface area contributed by atoms with Crippen LogP contribution in [0.2, 0.25) is 0 Å². The van der Waals surface area contributed by atoms with Crippen molar-refractivity contribution in [3.8, 4) is 0 Å². The Bertz CT molecular complexity index is 695. The zero-order valence-electron chi connectivity index (χ0n) is 16.4. The van der Waals surface area contributed by atoms with Crippen LogP contribution in [0.3, 0.4) is 0 Å². The molecule has 6 heteroatoms. The van der Waals surface area contributed by atoms with E-state index < -0.39 is 24.0 Å². The summed E-state index contributed by atoms with van der Waals surface area (Å²) in [6.07, 6.45) is 6.08. The van der Waals surface area contributed by atoms with Gasteiger partial charge in [-0.15, -0.1) is 0 Å². The summed E-state index contributed by atoms with van der Waals surface area (Å²) in [5, 5.41) is 14.8. The third kappa shape index (κ3) is 5.81. The molecular formula is C21H30N2O4. The van der Waals surface area contributed by atoms with Crippen LogP contribution in [0.4, 0.5) is 0 Å². The van der Waals surface area contributed by atoms with Gasteiger partial charge in [0.25, 0.3) is 0 Å². The number of hydrogen-bond acceptors (Lipinski definition) is 3. The van der Waals surface area contributed by atoms with Crippen molar-refractivity contribution in [2.75, 3.05) is 0 Å². The molecule has 2 atom stereocenters. The van der Waals surface area contributed by atoms with Crippen LogP contribution < -0.4 is 10.6 Å². The molecule has 3 N–H and O–H groups in total. The Hall–Kier alpha value is -2.37. The van der Waals surface area contributed by atoms with Gasteiger partial charge in [0.05, 0.1) is 0 Å². The molecule has 1 aliphatic carbocycles. The molecule has 2 amide bonds. The summed E-state index contributed by atoms with van der Waals surface area (Å²) in [5.41, 5.74) is 2.35. The maximum Gasteiger partial charge on any atom is 0.330 e. The van der Waals surface area contributed by atoms with Gasteiger partial charge in [-0.1, -0.05) is 37.5 Å². The van der Waals surface area contributed by atoms with Crippen LogP contribution in [0.1, 0.15) is 68.2 Å². The molecule has 2 rings (SSSR count). The Balaban J connectivity index is 1.97. The van der Waals surface area contributed by atoms with Gasteiger partial charge in [0.15, 0.2) is 6.04 Å². The molecule has 0 saturated heterocycles. The highest BCUT2D eigenvalue weighted by Crippen LogP contribution is 2.26. The topological polar surface area (TPSA) is 95.5 Å². The van der Waals surface area contributed by atoms with Crippen molar-refractivity contribution in [3.05, 3.63) is 34.9 Å². The number of carboxylic acids is 1. The van der Waals surface area contributed by atoms with Crippen molar-refractivity contribution < 1.29 is 19.5 Å². The number of benzene rings is 1. The lowest BCUT2D eigenvalue weighted by molar-refractivity contribution is -0.142. The van der Waals surface area contributed by atoms with E-state index in [1.807, 2.05) is 19.9 Å². The molecule has 0 radical (unpaired) electrons. The fourth-order valence-corrected chi connectivity index (χ4v) is 3.65. The maximum absolute atomic E-state index is 12.5. The Kier molecular flexibility index (Phi) is 7.39. The van der Waals surface area contributed by atoms with Crippen molar-refractivity contribution in [3.63, 3.8) is 0 Å². The van der Waals surface area contributed by atoms with E-state index in [1.54, 1.807) is 19.1 Å². The SMILES string of the molecule is Cc1cccc(C(NC(=O)C(C)NC(=O)CC2CCCCC2)C(=O)O)c1C. The minimum absolute atomic E-state index is 0.150. The molecule has 1 aromatic rings. The predicted octanol–water partition coefficient (Wildman–Crippen LogP) is 3.02. The minimum atomic E-state index is -1.14. The van der Waals surface area contributed by atoms with Gasteiger partial charge in [-0.2, -0.15) is 0 Å². The van der Waals surface area contributed by atoms with Gasteiger partial charge in [0, 0.05) is 6.42 Å². The van der Waals surface area contributed by atoms with Gasteiger partial charge < -0.3 is 15.7 Å². The summed E-state index contributed by atoms with van der Waals surface area (Å²) >= 11 is 0. The second-order valence-corrected chi connectivity index (χ2v) is 7.57. The normalized spacial score (nSPS) is 17.0. The molecule has 0 bridgehead atoms. The number of aryl methyl sites for hydroxylation is 1. The van der Waals surface area contributed by atoms with Gasteiger partial charge in [-0.3, -0.25) is 9.59 Å². The molecule has 0 spiro atoms. The predicted molar refractivity (Wildman–Crippen MR) is 103 cm³/mol. The standard InChI is InChI=1S/C21H30N2O4/c1-13-8-7-11-17(14(13)2)19(21(26)27)23-20(25)15(3)22-18(24)12-16-9-5-4-6-10-16/h7-8,11,15-16,19H,4-6,9-10,12H2,1-3H3,(H,22,24)(H,23,25)(H,26,27). The molecule has 1 aromatic carbocycles. The highest BCUT2D eigenvalue weighted by atomic mass is 16.4. The molecule has 148 valence electrons. The van der Waals surface area contributed by atoms with Gasteiger partial charge in [0.2, 0.25) is 11.8 Å². The quantitative estimate of drug-likeness (QED) is 0.684. The Morgan fingerprint density at radius 2 is 1.78 bits per heavy atom. The van der Waals surface area contributed by atoms with Gasteiger partial charge >= 0.3 is 5.97 Å². The first-order valence-electron chi connectivity index (χ1n) is 9.68. The van der Waals surface area contributed by atoms with Crippen LogP contribution >= 0.6 is 0 Å². The Morgan fingerprint density at radius 1 is 1.11 bits per heavy atom. The van der Waals surface area contributed by atoms with Crippen molar-refractivity contribution >= 4 is 17.8 Å². The first-order valence-corrected chi connectivity index (χ1v) is 9.68. The summed E-state index contributed by atoms with van der Waals surface area (Å²) < 4.78 is 0. The van der Waals surface area contributed by atoms with E-state index in [0.29, 0.717) is 17.9 Å². The van der Waals surface area contributed by atoms with E-state index in [4.69, 9.17) is 0 Å². The van der Waals surface area contributed by atoms with Crippen LogP contribution in [0.5, 0.6) is 0 Å². The molecule has 2 unspecified atom stereocenters. The zero-order chi connectivity index (χ0) is 20.0. The lowest BCUT2D eigenvalue weighted by Gasteiger charge is -2.23. The molecule has 0 aliphatic heterocycles. The maximum atomic E-state index is 12.5. The largest absolute Gasteiger partial charge is 0.479 e. The number of aliphatic carboxylic acids is 1. The number of amides is 2. The average molecular weight is 374 g/mol. The third-order valence-corrected chi connectivity index (χ3v) is 5.46. The molecule has 0 heterocycles. The van der Waals surface area contributed by atoms with Crippen LogP contribution in [0.25, 0.3) is 0 Å². The molecule has 6 nitrogen and oxygen atoms in total. The number of carbonyl (C=O) groups excluding carboxylic acids is 2. The third-order valence-electron chi connectivity index (χ3n) is 5.46. The fraction of sp³-hybridized carbons (Fsp3) is 0.571. The first-order chi connectivity index (χ1) is 12.8. The van der Waals surface area contributed by atoms with Gasteiger partial charge in [0.1, 0.15) is 6.04 Å². The van der Waals surface area contributed by atoms with Gasteiger partial charge in [-0.25, -0.2) is 4.79 Å². The van der Waals surface area contributed by atoms with Crippen LogP contribution in [0.15, 0.2) is 18.2 Å². The lowest BCUT2D eigenvalue weighted by Crippen LogP contribution is -2.47. The molecule has 1 fully saturated rings. The molecule has 1 aliphatic rings. The van der Waals surface area contributed by atoms with Gasteiger partial charge in [-0.05, 0) is 56.2 Å². The van der Waals surface area contributed by atoms with E-state index in [1.165, 1.54) is 6.42 Å². The highest BCUT2D eigenvalue weighted by Gasteiger charge is 2.27. The fourth-order valence-electron chi connectivity index (χ4n) is 3.65. The summed E-state index contributed by atoms with van der Waals surface area (Å²) in [6.45, 7) is 5.31. The van der Waals surface area contributed by atoms with E-state index in [-0.39, 0.29) is 5.91 Å². The molecule has 0 aromatic heterocycles. The highest BCUT2D eigenvalue weighted by molar-refractivity contribution is 5.90. The Labute approximate surface area is 160 Å². The average Bonchev–Trinajstić information content (AvgIpc) is 2.62. The number of carbonyl (C=O) groups is 3. The van der Waals surface area contributed by atoms with Crippen LogP contribution in [-0.4, -0.2) is 28.9 Å². The summed E-state index contributed by atoms with van der Waals surface area (Å²) in [6, 6.07) is 3.44.